The number of hydrogen-bond donors (Lipinski definition) is 0. The molecule has 0 saturated heterocycles. The van der Waals surface area contributed by atoms with Crippen LogP contribution in [0.2, 0.25) is 36.3 Å². The Morgan fingerprint density at radius 2 is 1.56 bits per heavy atom. The Morgan fingerprint density at radius 1 is 0.974 bits per heavy atom. The molecule has 0 unspecified atom stereocenters. The largest absolute Gasteiger partial charge is 0.413 e. The Morgan fingerprint density at radius 3 is 2.13 bits per heavy atom. The summed E-state index contributed by atoms with van der Waals surface area (Å²) in [6.07, 6.45) is 14.0. The van der Waals surface area contributed by atoms with Gasteiger partial charge in [0.25, 0.3) is 0 Å². The van der Waals surface area contributed by atoms with Crippen molar-refractivity contribution in [2.24, 2.45) is 23.2 Å². The fraction of sp³-hybridized carbons (Fsp3) is 0.794. The van der Waals surface area contributed by atoms with E-state index >= 15 is 0 Å². The topological polar surface area (TPSA) is 35.5 Å². The number of allylic oxidation sites excluding steroid dienone is 3. The highest BCUT2D eigenvalue weighted by Crippen LogP contribution is 2.59. The second kappa shape index (κ2) is 11.5. The SMILES string of the molecule is C=C1C(=CC=C2CCC[C@]3(C)[C@@H]([C@@H](C)C=O)CC[C@@H]23)C[C@@H](O[Si](C)(C)C(C)(C)C)C[C@@H]1O[Si](C)(C)C(C)(C)C. The van der Waals surface area contributed by atoms with Gasteiger partial charge in [0.05, 0.1) is 12.2 Å². The third-order valence-electron chi connectivity index (χ3n) is 11.6. The predicted molar refractivity (Wildman–Crippen MR) is 172 cm³/mol. The Hall–Kier alpha value is -0.756. The van der Waals surface area contributed by atoms with E-state index in [1.807, 2.05) is 0 Å². The van der Waals surface area contributed by atoms with E-state index in [1.54, 1.807) is 5.57 Å². The summed E-state index contributed by atoms with van der Waals surface area (Å²) in [6.45, 7) is 32.6. The summed E-state index contributed by atoms with van der Waals surface area (Å²) in [5, 5.41) is 0.323. The van der Waals surface area contributed by atoms with Crippen molar-refractivity contribution in [1.82, 2.24) is 0 Å². The molecule has 0 amide bonds. The lowest BCUT2D eigenvalue weighted by Crippen LogP contribution is -2.49. The Kier molecular flexibility index (Phi) is 9.65. The number of fused-ring (bicyclic) bond motifs is 1. The molecule has 0 N–H and O–H groups in total. The van der Waals surface area contributed by atoms with Gasteiger partial charge in [-0.05, 0) is 103 Å². The Balaban J connectivity index is 1.93. The fourth-order valence-corrected chi connectivity index (χ4v) is 9.67. The average Bonchev–Trinajstić information content (AvgIpc) is 3.15. The van der Waals surface area contributed by atoms with Gasteiger partial charge in [-0.25, -0.2) is 0 Å². The number of hydrogen-bond acceptors (Lipinski definition) is 3. The monoisotopic (exact) mass is 572 g/mol. The molecule has 3 aliphatic carbocycles. The van der Waals surface area contributed by atoms with Crippen LogP contribution < -0.4 is 0 Å². The molecule has 5 heteroatoms. The maximum atomic E-state index is 11.7. The minimum absolute atomic E-state index is 0.0139. The molecule has 0 aliphatic heterocycles. The second-order valence-electron chi connectivity index (χ2n) is 16.4. The van der Waals surface area contributed by atoms with E-state index < -0.39 is 16.6 Å². The van der Waals surface area contributed by atoms with Crippen molar-refractivity contribution in [1.29, 1.82) is 0 Å². The highest BCUT2D eigenvalue weighted by molar-refractivity contribution is 6.74. The van der Waals surface area contributed by atoms with Gasteiger partial charge in [-0.1, -0.05) is 79.7 Å². The van der Waals surface area contributed by atoms with Gasteiger partial charge >= 0.3 is 0 Å². The van der Waals surface area contributed by atoms with Crippen LogP contribution in [-0.2, 0) is 13.6 Å². The van der Waals surface area contributed by atoms with Gasteiger partial charge in [-0.15, -0.1) is 0 Å². The second-order valence-corrected chi connectivity index (χ2v) is 25.9. The molecule has 6 atom stereocenters. The first-order chi connectivity index (χ1) is 17.7. The van der Waals surface area contributed by atoms with Crippen molar-refractivity contribution in [2.75, 3.05) is 0 Å². The van der Waals surface area contributed by atoms with E-state index in [9.17, 15) is 4.79 Å². The van der Waals surface area contributed by atoms with E-state index in [0.29, 0.717) is 11.8 Å². The molecule has 0 aromatic carbocycles. The van der Waals surface area contributed by atoms with Crippen LogP contribution in [0.15, 0.2) is 35.5 Å². The normalized spacial score (nSPS) is 33.9. The van der Waals surface area contributed by atoms with Crippen molar-refractivity contribution < 1.29 is 13.6 Å². The lowest BCUT2D eigenvalue weighted by Gasteiger charge is -2.45. The fourth-order valence-electron chi connectivity index (χ4n) is 7.00. The van der Waals surface area contributed by atoms with E-state index in [1.165, 1.54) is 44.0 Å². The van der Waals surface area contributed by atoms with Gasteiger partial charge in [0, 0.05) is 12.3 Å². The first kappa shape index (κ1) is 32.8. The zero-order valence-electron chi connectivity index (χ0n) is 27.5. The summed E-state index contributed by atoms with van der Waals surface area (Å²) in [4.78, 5) is 11.7. The molecule has 3 fully saturated rings. The van der Waals surface area contributed by atoms with Crippen LogP contribution in [0.25, 0.3) is 0 Å². The van der Waals surface area contributed by atoms with E-state index in [2.05, 4.69) is 100 Å². The molecule has 3 nitrogen and oxygen atoms in total. The number of carbonyl (C=O) groups excluding carboxylic acids is 1. The van der Waals surface area contributed by atoms with Crippen LogP contribution in [0.4, 0.5) is 0 Å². The van der Waals surface area contributed by atoms with Crippen LogP contribution in [0.5, 0.6) is 0 Å². The summed E-state index contributed by atoms with van der Waals surface area (Å²) in [7, 11) is -3.89. The lowest BCUT2D eigenvalue weighted by atomic mass is 9.61. The maximum absolute atomic E-state index is 11.7. The van der Waals surface area contributed by atoms with Gasteiger partial charge in [-0.2, -0.15) is 0 Å². The molecule has 0 aromatic rings. The Bertz CT molecular complexity index is 977. The van der Waals surface area contributed by atoms with Crippen molar-refractivity contribution in [3.63, 3.8) is 0 Å². The summed E-state index contributed by atoms with van der Waals surface area (Å²) in [5.74, 6) is 1.24. The summed E-state index contributed by atoms with van der Waals surface area (Å²) in [5.41, 5.74) is 4.29. The third kappa shape index (κ3) is 6.84. The molecule has 222 valence electrons. The van der Waals surface area contributed by atoms with Crippen molar-refractivity contribution in [3.8, 4) is 0 Å². The minimum atomic E-state index is -1.97. The third-order valence-corrected chi connectivity index (χ3v) is 20.6. The highest BCUT2D eigenvalue weighted by Gasteiger charge is 2.51. The predicted octanol–water partition coefficient (Wildman–Crippen LogP) is 10.0. The molecule has 0 spiro atoms. The standard InChI is InChI=1S/C34H60O3Si2/c1-24(23-35)29-18-19-30-26(15-14-20-34(29,30)9)16-17-27-21-28(36-38(10,11)32(3,4)5)22-31(25(27)2)37-39(12,13)33(6,7)8/h16-17,23-24,28-31H,2,14-15,18-22H2,1,3-13H3/t24-,28+,29+,30-,31-,34+/m0/s1. The molecule has 0 heterocycles. The molecule has 3 rings (SSSR count). The zero-order chi connectivity index (χ0) is 29.6. The average molecular weight is 573 g/mol. The quantitative estimate of drug-likeness (QED) is 0.225. The van der Waals surface area contributed by atoms with Crippen LogP contribution >= 0.6 is 0 Å². The summed E-state index contributed by atoms with van der Waals surface area (Å²) in [6, 6.07) is 0. The van der Waals surface area contributed by atoms with Crippen LogP contribution in [-0.4, -0.2) is 35.1 Å². The van der Waals surface area contributed by atoms with Gasteiger partial charge < -0.3 is 13.6 Å². The van der Waals surface area contributed by atoms with Crippen LogP contribution in [0.1, 0.15) is 100 Å². The molecule has 3 saturated carbocycles. The minimum Gasteiger partial charge on any atom is -0.413 e. The van der Waals surface area contributed by atoms with Gasteiger partial charge in [-0.3, -0.25) is 0 Å². The van der Waals surface area contributed by atoms with Crippen molar-refractivity contribution in [3.05, 3.63) is 35.5 Å². The summed E-state index contributed by atoms with van der Waals surface area (Å²) >= 11 is 0. The number of aldehydes is 1. The number of rotatable bonds is 7. The Labute approximate surface area is 243 Å². The van der Waals surface area contributed by atoms with Crippen molar-refractivity contribution in [2.45, 2.75) is 149 Å². The molecular formula is C34H60O3Si2. The maximum Gasteiger partial charge on any atom is 0.192 e. The lowest BCUT2D eigenvalue weighted by molar-refractivity contribution is -0.113. The van der Waals surface area contributed by atoms with Crippen molar-refractivity contribution >= 4 is 22.9 Å². The van der Waals surface area contributed by atoms with Crippen LogP contribution in [0.3, 0.4) is 0 Å². The van der Waals surface area contributed by atoms with Crippen LogP contribution in [0, 0.1) is 23.2 Å². The summed E-state index contributed by atoms with van der Waals surface area (Å²) < 4.78 is 14.0. The van der Waals surface area contributed by atoms with E-state index in [4.69, 9.17) is 8.85 Å². The van der Waals surface area contributed by atoms with Gasteiger partial charge in [0.1, 0.15) is 6.29 Å². The van der Waals surface area contributed by atoms with E-state index in [-0.39, 0.29) is 33.6 Å². The molecule has 0 radical (unpaired) electrons. The van der Waals surface area contributed by atoms with Gasteiger partial charge in [0.2, 0.25) is 0 Å². The van der Waals surface area contributed by atoms with E-state index in [0.717, 1.165) is 18.4 Å². The molecular weight excluding hydrogens is 513 g/mol. The molecule has 0 aromatic heterocycles. The smallest absolute Gasteiger partial charge is 0.192 e. The first-order valence-electron chi connectivity index (χ1n) is 15.6. The highest BCUT2D eigenvalue weighted by atomic mass is 28.4. The zero-order valence-corrected chi connectivity index (χ0v) is 29.5. The van der Waals surface area contributed by atoms with Gasteiger partial charge in [0.15, 0.2) is 16.6 Å². The molecule has 39 heavy (non-hydrogen) atoms. The first-order valence-corrected chi connectivity index (χ1v) is 21.4. The molecule has 3 aliphatic rings. The molecule has 0 bridgehead atoms. The number of carbonyl (C=O) groups is 1.